The van der Waals surface area contributed by atoms with Gasteiger partial charge in [-0.25, -0.2) is 4.39 Å². The van der Waals surface area contributed by atoms with Crippen molar-refractivity contribution >= 4 is 17.9 Å². The molecule has 192 valence electrons. The van der Waals surface area contributed by atoms with E-state index in [2.05, 4.69) is 0 Å². The van der Waals surface area contributed by atoms with Crippen LogP contribution in [-0.2, 0) is 57.0 Å². The smallest absolute Gasteiger partial charge is 0.303 e. The summed E-state index contributed by atoms with van der Waals surface area (Å²) >= 11 is 0. The van der Waals surface area contributed by atoms with E-state index in [-0.39, 0.29) is 6.61 Å². The van der Waals surface area contributed by atoms with E-state index >= 15 is 4.39 Å². The third-order valence-corrected chi connectivity index (χ3v) is 5.77. The van der Waals surface area contributed by atoms with Crippen molar-refractivity contribution in [2.75, 3.05) is 13.2 Å². The van der Waals surface area contributed by atoms with E-state index in [1.54, 1.807) is 13.8 Å². The fourth-order valence-electron chi connectivity index (χ4n) is 4.57. The highest BCUT2D eigenvalue weighted by atomic mass is 19.1. The standard InChI is InChI=1S/C21H29FO12/c1-8(23)26-6-11-14(28-9(2)24)16(29-10(3)25)13(22)19(30-11)32-15-12-7-27-20(31-12)18-17(15)33-21(4,5)34-18/h11-20H,6-7H2,1-5H3/t11-,12-,13+,14-,15-,16-,17+,18+,19-,20+/m1/s1. The molecular weight excluding hydrogens is 463 g/mol. The Morgan fingerprint density at radius 2 is 1.56 bits per heavy atom. The largest absolute Gasteiger partial charge is 0.463 e. The summed E-state index contributed by atoms with van der Waals surface area (Å²) in [4.78, 5) is 34.8. The molecule has 4 fully saturated rings. The number of halogens is 1. The molecule has 4 rings (SSSR count). The fraction of sp³-hybridized carbons (Fsp3) is 0.857. The molecule has 0 spiro atoms. The molecule has 0 aromatic carbocycles. The number of carbonyl (C=O) groups excluding carboxylic acids is 3. The minimum Gasteiger partial charge on any atom is -0.463 e. The Labute approximate surface area is 195 Å². The molecule has 4 aliphatic rings. The summed E-state index contributed by atoms with van der Waals surface area (Å²) in [6.45, 7) is 6.59. The molecule has 0 unspecified atom stereocenters. The normalized spacial score (nSPS) is 42.5. The van der Waals surface area contributed by atoms with Crippen molar-refractivity contribution in [3.8, 4) is 0 Å². The molecule has 0 aliphatic carbocycles. The highest BCUT2D eigenvalue weighted by molar-refractivity contribution is 5.67. The van der Waals surface area contributed by atoms with Crippen LogP contribution in [-0.4, -0.2) is 98.4 Å². The van der Waals surface area contributed by atoms with Gasteiger partial charge in [0.2, 0.25) is 0 Å². The van der Waals surface area contributed by atoms with Crippen LogP contribution < -0.4 is 0 Å². The predicted octanol–water partition coefficient (Wildman–Crippen LogP) is 0.136. The molecule has 13 heteroatoms. The average molecular weight is 492 g/mol. The van der Waals surface area contributed by atoms with E-state index in [1.165, 1.54) is 6.92 Å². The van der Waals surface area contributed by atoms with E-state index < -0.39 is 91.8 Å². The van der Waals surface area contributed by atoms with Crippen LogP contribution in [0.2, 0.25) is 0 Å². The van der Waals surface area contributed by atoms with Gasteiger partial charge < -0.3 is 42.6 Å². The summed E-state index contributed by atoms with van der Waals surface area (Å²) in [6, 6.07) is 0. The molecule has 4 aliphatic heterocycles. The third kappa shape index (κ3) is 5.19. The van der Waals surface area contributed by atoms with Crippen molar-refractivity contribution in [1.29, 1.82) is 0 Å². The average Bonchev–Trinajstić information content (AvgIpc) is 3.30. The van der Waals surface area contributed by atoms with Gasteiger partial charge in [-0.3, -0.25) is 14.4 Å². The van der Waals surface area contributed by atoms with Gasteiger partial charge in [0.25, 0.3) is 0 Å². The van der Waals surface area contributed by atoms with Gasteiger partial charge >= 0.3 is 17.9 Å². The van der Waals surface area contributed by atoms with Crippen LogP contribution in [0.1, 0.15) is 34.6 Å². The van der Waals surface area contributed by atoms with Crippen LogP contribution >= 0.6 is 0 Å². The van der Waals surface area contributed by atoms with Gasteiger partial charge in [0, 0.05) is 20.8 Å². The molecule has 34 heavy (non-hydrogen) atoms. The minimum absolute atomic E-state index is 0.166. The zero-order chi connectivity index (χ0) is 24.8. The van der Waals surface area contributed by atoms with E-state index in [9.17, 15) is 14.4 Å². The van der Waals surface area contributed by atoms with E-state index in [0.717, 1.165) is 13.8 Å². The molecule has 0 radical (unpaired) electrons. The molecule has 4 saturated heterocycles. The Morgan fingerprint density at radius 1 is 0.912 bits per heavy atom. The van der Waals surface area contributed by atoms with Crippen molar-refractivity contribution in [3.63, 3.8) is 0 Å². The Kier molecular flexibility index (Phi) is 7.14. The fourth-order valence-corrected chi connectivity index (χ4v) is 4.57. The third-order valence-electron chi connectivity index (χ3n) is 5.77. The first-order chi connectivity index (χ1) is 15.9. The number of ether oxygens (including phenoxy) is 9. The quantitative estimate of drug-likeness (QED) is 0.369. The minimum atomic E-state index is -2.06. The molecule has 0 N–H and O–H groups in total. The zero-order valence-electron chi connectivity index (χ0n) is 19.5. The van der Waals surface area contributed by atoms with Crippen LogP contribution in [0, 0.1) is 0 Å². The monoisotopic (exact) mass is 492 g/mol. The summed E-state index contributed by atoms with van der Waals surface area (Å²) in [5.74, 6) is -3.15. The maximum atomic E-state index is 15.7. The summed E-state index contributed by atoms with van der Waals surface area (Å²) in [5.41, 5.74) is 0. The number of alkyl halides is 1. The van der Waals surface area contributed by atoms with Crippen LogP contribution in [0.3, 0.4) is 0 Å². The molecule has 0 aromatic heterocycles. The predicted molar refractivity (Wildman–Crippen MR) is 105 cm³/mol. The SMILES string of the molecule is CC(=O)OC[C@H]1O[C@H](O[C@H]2[C@@H]3OC(C)(C)O[C@@H]3[C@H]3OC[C@H]2O3)[C@@H](F)[C@@H](OC(C)=O)[C@@H]1OC(C)=O. The maximum absolute atomic E-state index is 15.7. The highest BCUT2D eigenvalue weighted by Gasteiger charge is 2.61. The van der Waals surface area contributed by atoms with E-state index in [0.29, 0.717) is 0 Å². The van der Waals surface area contributed by atoms with Crippen LogP contribution in [0.25, 0.3) is 0 Å². The molecule has 0 saturated carbocycles. The molecule has 10 atom stereocenters. The highest BCUT2D eigenvalue weighted by Crippen LogP contribution is 2.43. The van der Waals surface area contributed by atoms with Gasteiger partial charge in [-0.1, -0.05) is 0 Å². The van der Waals surface area contributed by atoms with E-state index in [4.69, 9.17) is 42.6 Å². The summed E-state index contributed by atoms with van der Waals surface area (Å²) in [6.07, 6.45) is -11.2. The zero-order valence-corrected chi connectivity index (χ0v) is 19.5. The van der Waals surface area contributed by atoms with Crippen LogP contribution in [0.15, 0.2) is 0 Å². The molecular formula is C21H29FO12. The Bertz CT molecular complexity index is 805. The second-order valence-electron chi connectivity index (χ2n) is 8.98. The van der Waals surface area contributed by atoms with Crippen molar-refractivity contribution in [1.82, 2.24) is 0 Å². The molecule has 0 amide bonds. The van der Waals surface area contributed by atoms with Gasteiger partial charge in [0.05, 0.1) is 6.61 Å². The Balaban J connectivity index is 1.58. The van der Waals surface area contributed by atoms with Gasteiger partial charge in [-0.2, -0.15) is 0 Å². The maximum Gasteiger partial charge on any atom is 0.303 e. The summed E-state index contributed by atoms with van der Waals surface area (Å²) in [7, 11) is 0. The first-order valence-corrected chi connectivity index (χ1v) is 11.0. The van der Waals surface area contributed by atoms with Crippen molar-refractivity contribution < 1.29 is 61.4 Å². The van der Waals surface area contributed by atoms with Crippen molar-refractivity contribution in [3.05, 3.63) is 0 Å². The number of esters is 3. The number of hydrogen-bond acceptors (Lipinski definition) is 12. The first-order valence-electron chi connectivity index (χ1n) is 11.0. The Morgan fingerprint density at radius 3 is 2.21 bits per heavy atom. The molecule has 2 bridgehead atoms. The van der Waals surface area contributed by atoms with Crippen molar-refractivity contribution in [2.45, 2.75) is 102 Å². The number of hydrogen-bond donors (Lipinski definition) is 0. The van der Waals surface area contributed by atoms with Gasteiger partial charge in [0.15, 0.2) is 36.7 Å². The first kappa shape index (κ1) is 25.2. The van der Waals surface area contributed by atoms with Crippen molar-refractivity contribution in [2.24, 2.45) is 0 Å². The number of carbonyl (C=O) groups is 3. The topological polar surface area (TPSA) is 134 Å². The van der Waals surface area contributed by atoms with Gasteiger partial charge in [-0.05, 0) is 13.8 Å². The molecule has 4 heterocycles. The second kappa shape index (κ2) is 9.63. The van der Waals surface area contributed by atoms with Gasteiger partial charge in [0.1, 0.15) is 37.1 Å². The van der Waals surface area contributed by atoms with Crippen LogP contribution in [0.5, 0.6) is 0 Å². The lowest BCUT2D eigenvalue weighted by atomic mass is 9.98. The lowest BCUT2D eigenvalue weighted by Gasteiger charge is -2.44. The van der Waals surface area contributed by atoms with Crippen LogP contribution in [0.4, 0.5) is 4.39 Å². The lowest BCUT2D eigenvalue weighted by molar-refractivity contribution is -0.323. The lowest BCUT2D eigenvalue weighted by Crippen LogP contribution is -2.63. The second-order valence-corrected chi connectivity index (χ2v) is 8.98. The molecule has 0 aromatic rings. The summed E-state index contributed by atoms with van der Waals surface area (Å²) in [5, 5.41) is 0. The number of fused-ring (bicyclic) bond motifs is 4. The summed E-state index contributed by atoms with van der Waals surface area (Å²) < 4.78 is 66.1. The number of rotatable bonds is 6. The van der Waals surface area contributed by atoms with Gasteiger partial charge in [-0.15, -0.1) is 0 Å². The van der Waals surface area contributed by atoms with E-state index in [1.807, 2.05) is 0 Å². The Hall–Kier alpha value is -1.90. The molecule has 12 nitrogen and oxygen atoms in total.